The Bertz CT molecular complexity index is 317. The Balaban J connectivity index is 2.19. The van der Waals surface area contributed by atoms with E-state index in [-0.39, 0.29) is 0 Å². The van der Waals surface area contributed by atoms with E-state index in [1.54, 1.807) is 0 Å². The third-order valence-corrected chi connectivity index (χ3v) is 3.18. The molecule has 0 radical (unpaired) electrons. The second kappa shape index (κ2) is 3.15. The molecule has 70 valence electrons. The van der Waals surface area contributed by atoms with Gasteiger partial charge in [-0.3, -0.25) is 0 Å². The fourth-order valence-electron chi connectivity index (χ4n) is 1.91. The van der Waals surface area contributed by atoms with E-state index in [9.17, 15) is 0 Å². The SMILES string of the molecule is Cc1ccc([C@H]2C[C@@H]2CN)cc1C. The summed E-state index contributed by atoms with van der Waals surface area (Å²) in [5.41, 5.74) is 9.90. The van der Waals surface area contributed by atoms with Crippen LogP contribution >= 0.6 is 0 Å². The molecule has 13 heavy (non-hydrogen) atoms. The molecule has 2 rings (SSSR count). The standard InChI is InChI=1S/C12H17N/c1-8-3-4-10(5-9(8)2)12-6-11(12)7-13/h3-5,11-12H,6-7,13H2,1-2H3/t11-,12-/m1/s1. The summed E-state index contributed by atoms with van der Waals surface area (Å²) in [6, 6.07) is 6.79. The van der Waals surface area contributed by atoms with Crippen LogP contribution in [-0.2, 0) is 0 Å². The van der Waals surface area contributed by atoms with Crippen LogP contribution in [0.25, 0.3) is 0 Å². The van der Waals surface area contributed by atoms with Crippen molar-refractivity contribution in [2.45, 2.75) is 26.2 Å². The zero-order valence-corrected chi connectivity index (χ0v) is 8.38. The van der Waals surface area contributed by atoms with Crippen molar-refractivity contribution in [2.75, 3.05) is 6.54 Å². The van der Waals surface area contributed by atoms with Gasteiger partial charge in [0, 0.05) is 0 Å². The number of benzene rings is 1. The second-order valence-corrected chi connectivity index (χ2v) is 4.18. The molecule has 1 nitrogen and oxygen atoms in total. The van der Waals surface area contributed by atoms with Gasteiger partial charge in [0.1, 0.15) is 0 Å². The molecular weight excluding hydrogens is 158 g/mol. The van der Waals surface area contributed by atoms with Crippen molar-refractivity contribution in [1.29, 1.82) is 0 Å². The molecule has 0 heterocycles. The number of aryl methyl sites for hydroxylation is 2. The fraction of sp³-hybridized carbons (Fsp3) is 0.500. The molecule has 0 saturated heterocycles. The summed E-state index contributed by atoms with van der Waals surface area (Å²) in [5, 5.41) is 0. The Morgan fingerprint density at radius 1 is 1.31 bits per heavy atom. The van der Waals surface area contributed by atoms with Gasteiger partial charge in [0.2, 0.25) is 0 Å². The third-order valence-electron chi connectivity index (χ3n) is 3.18. The van der Waals surface area contributed by atoms with E-state index in [0.29, 0.717) is 0 Å². The van der Waals surface area contributed by atoms with Crippen LogP contribution in [-0.4, -0.2) is 6.54 Å². The summed E-state index contributed by atoms with van der Waals surface area (Å²) >= 11 is 0. The summed E-state index contributed by atoms with van der Waals surface area (Å²) in [6.07, 6.45) is 1.29. The van der Waals surface area contributed by atoms with Gasteiger partial charge >= 0.3 is 0 Å². The molecule has 1 fully saturated rings. The van der Waals surface area contributed by atoms with Crippen LogP contribution in [0.2, 0.25) is 0 Å². The molecule has 1 aromatic rings. The minimum absolute atomic E-state index is 0.752. The number of hydrogen-bond acceptors (Lipinski definition) is 1. The maximum atomic E-state index is 5.63. The zero-order valence-electron chi connectivity index (χ0n) is 8.38. The molecule has 0 amide bonds. The van der Waals surface area contributed by atoms with Gasteiger partial charge in [-0.15, -0.1) is 0 Å². The maximum absolute atomic E-state index is 5.63. The highest BCUT2D eigenvalue weighted by molar-refractivity contribution is 5.34. The Hall–Kier alpha value is -0.820. The maximum Gasteiger partial charge on any atom is -0.00428 e. The van der Waals surface area contributed by atoms with Gasteiger partial charge in [0.15, 0.2) is 0 Å². The molecule has 1 heteroatoms. The molecular formula is C12H17N. The van der Waals surface area contributed by atoms with Crippen molar-refractivity contribution in [1.82, 2.24) is 0 Å². The summed E-state index contributed by atoms with van der Waals surface area (Å²) in [7, 11) is 0. The van der Waals surface area contributed by atoms with E-state index in [2.05, 4.69) is 32.0 Å². The molecule has 1 saturated carbocycles. The molecule has 0 spiro atoms. The minimum Gasteiger partial charge on any atom is -0.330 e. The first kappa shape index (κ1) is 8.76. The zero-order chi connectivity index (χ0) is 9.42. The van der Waals surface area contributed by atoms with Gasteiger partial charge in [-0.1, -0.05) is 18.2 Å². The van der Waals surface area contributed by atoms with E-state index in [0.717, 1.165) is 18.4 Å². The van der Waals surface area contributed by atoms with Crippen LogP contribution in [0.3, 0.4) is 0 Å². The van der Waals surface area contributed by atoms with E-state index in [1.807, 2.05) is 0 Å². The van der Waals surface area contributed by atoms with Crippen LogP contribution in [0.15, 0.2) is 18.2 Å². The molecule has 1 aromatic carbocycles. The van der Waals surface area contributed by atoms with E-state index in [1.165, 1.54) is 23.1 Å². The average molecular weight is 175 g/mol. The van der Waals surface area contributed by atoms with Crippen molar-refractivity contribution in [3.05, 3.63) is 34.9 Å². The number of hydrogen-bond donors (Lipinski definition) is 1. The monoisotopic (exact) mass is 175 g/mol. The quantitative estimate of drug-likeness (QED) is 0.733. The van der Waals surface area contributed by atoms with Crippen molar-refractivity contribution >= 4 is 0 Å². The Morgan fingerprint density at radius 2 is 2.08 bits per heavy atom. The first-order valence-corrected chi connectivity index (χ1v) is 4.99. The fourth-order valence-corrected chi connectivity index (χ4v) is 1.91. The van der Waals surface area contributed by atoms with Crippen molar-refractivity contribution < 1.29 is 0 Å². The molecule has 2 atom stereocenters. The van der Waals surface area contributed by atoms with Gasteiger partial charge in [0.25, 0.3) is 0 Å². The highest BCUT2D eigenvalue weighted by Crippen LogP contribution is 2.46. The molecule has 0 bridgehead atoms. The highest BCUT2D eigenvalue weighted by atomic mass is 14.6. The van der Waals surface area contributed by atoms with E-state index in [4.69, 9.17) is 5.73 Å². The van der Waals surface area contributed by atoms with Gasteiger partial charge < -0.3 is 5.73 Å². The molecule has 1 aliphatic rings. The summed E-state index contributed by atoms with van der Waals surface area (Å²) in [5.74, 6) is 1.51. The lowest BCUT2D eigenvalue weighted by atomic mass is 10.0. The van der Waals surface area contributed by atoms with E-state index >= 15 is 0 Å². The van der Waals surface area contributed by atoms with Gasteiger partial charge in [-0.25, -0.2) is 0 Å². The summed E-state index contributed by atoms with van der Waals surface area (Å²) < 4.78 is 0. The molecule has 0 aliphatic heterocycles. The van der Waals surface area contributed by atoms with Gasteiger partial charge in [0.05, 0.1) is 0 Å². The molecule has 2 N–H and O–H groups in total. The number of nitrogens with two attached hydrogens (primary N) is 1. The van der Waals surface area contributed by atoms with Gasteiger partial charge in [-0.05, 0) is 55.3 Å². The van der Waals surface area contributed by atoms with Crippen molar-refractivity contribution in [3.63, 3.8) is 0 Å². The number of rotatable bonds is 2. The minimum atomic E-state index is 0.752. The Morgan fingerprint density at radius 3 is 2.62 bits per heavy atom. The topological polar surface area (TPSA) is 26.0 Å². The van der Waals surface area contributed by atoms with Crippen LogP contribution in [0, 0.1) is 19.8 Å². The van der Waals surface area contributed by atoms with Crippen LogP contribution < -0.4 is 5.73 Å². The van der Waals surface area contributed by atoms with Gasteiger partial charge in [-0.2, -0.15) is 0 Å². The Labute approximate surface area is 80.0 Å². The van der Waals surface area contributed by atoms with Crippen LogP contribution in [0.5, 0.6) is 0 Å². The predicted molar refractivity (Wildman–Crippen MR) is 55.8 cm³/mol. The molecule has 0 unspecified atom stereocenters. The normalized spacial score (nSPS) is 26.1. The lowest BCUT2D eigenvalue weighted by molar-refractivity contribution is 0.809. The van der Waals surface area contributed by atoms with Crippen molar-refractivity contribution in [2.24, 2.45) is 11.7 Å². The summed E-state index contributed by atoms with van der Waals surface area (Å²) in [4.78, 5) is 0. The lowest BCUT2D eigenvalue weighted by Gasteiger charge is -2.03. The van der Waals surface area contributed by atoms with Crippen LogP contribution in [0.1, 0.15) is 29.0 Å². The largest absolute Gasteiger partial charge is 0.330 e. The van der Waals surface area contributed by atoms with Crippen molar-refractivity contribution in [3.8, 4) is 0 Å². The molecule has 1 aliphatic carbocycles. The Kier molecular flexibility index (Phi) is 2.12. The predicted octanol–water partition coefficient (Wildman–Crippen LogP) is 2.37. The first-order valence-electron chi connectivity index (χ1n) is 4.99. The molecule has 0 aromatic heterocycles. The summed E-state index contributed by atoms with van der Waals surface area (Å²) in [6.45, 7) is 5.18. The lowest BCUT2D eigenvalue weighted by Crippen LogP contribution is -2.02. The third kappa shape index (κ3) is 1.61. The first-order chi connectivity index (χ1) is 6.22. The van der Waals surface area contributed by atoms with Crippen LogP contribution in [0.4, 0.5) is 0 Å². The average Bonchev–Trinajstić information content (AvgIpc) is 2.88. The highest BCUT2D eigenvalue weighted by Gasteiger charge is 2.36. The smallest absolute Gasteiger partial charge is 0.00428 e. The second-order valence-electron chi connectivity index (χ2n) is 4.18. The van der Waals surface area contributed by atoms with E-state index < -0.39 is 0 Å².